The van der Waals surface area contributed by atoms with Crippen LogP contribution in [0, 0.1) is 11.8 Å². The number of carbonyl (C=O) groups is 1. The number of nitrogens with zero attached hydrogens (tertiary/aromatic N) is 5. The number of likely N-dealkylation sites (tertiary alicyclic amines) is 1. The lowest BCUT2D eigenvalue weighted by Crippen LogP contribution is -2.50. The van der Waals surface area contributed by atoms with Crippen molar-refractivity contribution in [2.45, 2.75) is 19.9 Å². The summed E-state index contributed by atoms with van der Waals surface area (Å²) < 4.78 is 13.1. The van der Waals surface area contributed by atoms with Gasteiger partial charge in [0.15, 0.2) is 5.65 Å². The molecule has 0 unspecified atom stereocenters. The van der Waals surface area contributed by atoms with Gasteiger partial charge in [-0.25, -0.2) is 14.6 Å². The maximum atomic E-state index is 12.3. The van der Waals surface area contributed by atoms with Gasteiger partial charge in [-0.2, -0.15) is 5.10 Å². The number of rotatable bonds is 8. The highest BCUT2D eigenvalue weighted by molar-refractivity contribution is 5.91. The van der Waals surface area contributed by atoms with Crippen LogP contribution in [0.3, 0.4) is 0 Å². The minimum absolute atomic E-state index is 0.0187. The van der Waals surface area contributed by atoms with E-state index in [4.69, 9.17) is 20.3 Å². The van der Waals surface area contributed by atoms with Crippen molar-refractivity contribution in [3.8, 4) is 23.3 Å². The summed E-state index contributed by atoms with van der Waals surface area (Å²) in [5.74, 6) is 7.92. The SMILES string of the molecule is CCOc1cc(C#Cc2nn(C3CN(C(=O)/C=C/CNC)C3)c3ncnc(N)c23)cc(OCC)c1. The Morgan fingerprint density at radius 3 is 2.54 bits per heavy atom. The molecule has 2 aromatic heterocycles. The molecule has 1 aliphatic rings. The lowest BCUT2D eigenvalue weighted by molar-refractivity contribution is -0.131. The smallest absolute Gasteiger partial charge is 0.246 e. The molecule has 1 fully saturated rings. The van der Waals surface area contributed by atoms with E-state index in [1.807, 2.05) is 39.1 Å². The Balaban J connectivity index is 1.62. The van der Waals surface area contributed by atoms with Gasteiger partial charge in [0, 0.05) is 37.3 Å². The average molecular weight is 476 g/mol. The minimum atomic E-state index is -0.0265. The van der Waals surface area contributed by atoms with Crippen LogP contribution in [0.15, 0.2) is 36.7 Å². The van der Waals surface area contributed by atoms with Crippen molar-refractivity contribution < 1.29 is 14.3 Å². The molecule has 0 bridgehead atoms. The summed E-state index contributed by atoms with van der Waals surface area (Å²) >= 11 is 0. The Morgan fingerprint density at radius 1 is 1.17 bits per heavy atom. The molecule has 4 rings (SSSR count). The normalized spacial score (nSPS) is 13.5. The maximum absolute atomic E-state index is 12.3. The third-order valence-corrected chi connectivity index (χ3v) is 5.45. The number of hydrogen-bond acceptors (Lipinski definition) is 8. The molecule has 1 saturated heterocycles. The van der Waals surface area contributed by atoms with Crippen LogP contribution in [0.4, 0.5) is 5.82 Å². The van der Waals surface area contributed by atoms with E-state index >= 15 is 0 Å². The van der Waals surface area contributed by atoms with E-state index < -0.39 is 0 Å². The van der Waals surface area contributed by atoms with Gasteiger partial charge in [0.05, 0.1) is 24.6 Å². The van der Waals surface area contributed by atoms with E-state index in [-0.39, 0.29) is 11.9 Å². The third kappa shape index (κ3) is 5.36. The predicted octanol–water partition coefficient (Wildman–Crippen LogP) is 1.76. The van der Waals surface area contributed by atoms with E-state index in [1.54, 1.807) is 21.7 Å². The Morgan fingerprint density at radius 2 is 1.89 bits per heavy atom. The van der Waals surface area contributed by atoms with E-state index in [9.17, 15) is 4.79 Å². The van der Waals surface area contributed by atoms with Crippen molar-refractivity contribution in [3.05, 3.63) is 47.9 Å². The maximum Gasteiger partial charge on any atom is 0.246 e. The predicted molar refractivity (Wildman–Crippen MR) is 133 cm³/mol. The molecule has 0 atom stereocenters. The highest BCUT2D eigenvalue weighted by Crippen LogP contribution is 2.29. The molecule has 10 nitrogen and oxygen atoms in total. The number of nitrogen functional groups attached to an aromatic ring is 1. The molecule has 0 saturated carbocycles. The van der Waals surface area contributed by atoms with Gasteiger partial charge in [-0.15, -0.1) is 0 Å². The van der Waals surface area contributed by atoms with Crippen molar-refractivity contribution in [2.24, 2.45) is 0 Å². The summed E-state index contributed by atoms with van der Waals surface area (Å²) in [7, 11) is 1.83. The summed E-state index contributed by atoms with van der Waals surface area (Å²) in [6.07, 6.45) is 4.80. The number of benzene rings is 1. The molecule has 1 amide bonds. The molecule has 35 heavy (non-hydrogen) atoms. The molecule has 3 heterocycles. The van der Waals surface area contributed by atoms with Crippen LogP contribution in [-0.2, 0) is 4.79 Å². The standard InChI is InChI=1S/C25H29N7O3/c1-4-34-19-11-17(12-20(13-19)35-5-2)8-9-21-23-24(26)28-16-29-25(23)32(30-21)18-14-31(15-18)22(33)7-6-10-27-3/h6-7,11-13,16,18,27H,4-5,10,14-15H2,1-3H3,(H2,26,28,29)/b7-6+. The molecule has 0 radical (unpaired) electrons. The number of ether oxygens (including phenoxy) is 2. The monoisotopic (exact) mass is 475 g/mol. The van der Waals surface area contributed by atoms with Gasteiger partial charge in [-0.1, -0.05) is 12.0 Å². The van der Waals surface area contributed by atoms with Crippen molar-refractivity contribution in [3.63, 3.8) is 0 Å². The molecule has 182 valence electrons. The number of amides is 1. The van der Waals surface area contributed by atoms with Gasteiger partial charge in [-0.3, -0.25) is 4.79 Å². The highest BCUT2D eigenvalue weighted by Gasteiger charge is 2.33. The fraction of sp³-hybridized carbons (Fsp3) is 0.360. The number of aromatic nitrogens is 4. The first-order chi connectivity index (χ1) is 17.0. The van der Waals surface area contributed by atoms with Gasteiger partial charge < -0.3 is 25.4 Å². The molecule has 1 aromatic carbocycles. The van der Waals surface area contributed by atoms with Crippen molar-refractivity contribution in [2.75, 3.05) is 45.6 Å². The van der Waals surface area contributed by atoms with Crippen LogP contribution in [0.25, 0.3) is 11.0 Å². The first kappa shape index (κ1) is 24.0. The van der Waals surface area contributed by atoms with E-state index in [1.165, 1.54) is 6.33 Å². The van der Waals surface area contributed by atoms with Gasteiger partial charge in [0.25, 0.3) is 0 Å². The van der Waals surface area contributed by atoms with Crippen LogP contribution in [0.5, 0.6) is 11.5 Å². The second-order valence-corrected chi connectivity index (χ2v) is 7.92. The molecule has 3 N–H and O–H groups in total. The average Bonchev–Trinajstić information content (AvgIpc) is 3.17. The Kier molecular flexibility index (Phi) is 7.48. The van der Waals surface area contributed by atoms with E-state index in [0.29, 0.717) is 66.9 Å². The number of carbonyl (C=O) groups excluding carboxylic acids is 1. The van der Waals surface area contributed by atoms with Crippen LogP contribution in [-0.4, -0.2) is 70.5 Å². The first-order valence-electron chi connectivity index (χ1n) is 11.6. The Hall–Kier alpha value is -4.10. The lowest BCUT2D eigenvalue weighted by atomic mass is 10.1. The lowest BCUT2D eigenvalue weighted by Gasteiger charge is -2.38. The number of hydrogen-bond donors (Lipinski definition) is 2. The molecule has 3 aromatic rings. The zero-order valence-electron chi connectivity index (χ0n) is 20.1. The summed E-state index contributed by atoms with van der Waals surface area (Å²) in [6, 6.07) is 5.53. The van der Waals surface area contributed by atoms with Crippen molar-refractivity contribution in [1.29, 1.82) is 0 Å². The number of fused-ring (bicyclic) bond motifs is 1. The molecular formula is C25H29N7O3. The van der Waals surface area contributed by atoms with Crippen LogP contribution >= 0.6 is 0 Å². The topological polar surface area (TPSA) is 120 Å². The third-order valence-electron chi connectivity index (χ3n) is 5.45. The minimum Gasteiger partial charge on any atom is -0.494 e. The number of nitrogens with two attached hydrogens (primary N) is 1. The molecule has 1 aliphatic heterocycles. The number of anilines is 1. The van der Waals surface area contributed by atoms with Crippen LogP contribution in [0.2, 0.25) is 0 Å². The second kappa shape index (κ2) is 10.9. The summed E-state index contributed by atoms with van der Waals surface area (Å²) in [4.78, 5) is 22.6. The zero-order valence-corrected chi connectivity index (χ0v) is 20.1. The summed E-state index contributed by atoms with van der Waals surface area (Å²) in [5, 5.41) is 8.29. The Bertz CT molecular complexity index is 1280. The van der Waals surface area contributed by atoms with Gasteiger partial charge in [0.2, 0.25) is 5.91 Å². The summed E-state index contributed by atoms with van der Waals surface area (Å²) in [6.45, 7) is 6.64. The first-order valence-corrected chi connectivity index (χ1v) is 11.6. The number of nitrogens with one attached hydrogen (secondary N) is 1. The largest absolute Gasteiger partial charge is 0.494 e. The van der Waals surface area contributed by atoms with Gasteiger partial charge >= 0.3 is 0 Å². The fourth-order valence-corrected chi connectivity index (χ4v) is 3.79. The van der Waals surface area contributed by atoms with E-state index in [0.717, 1.165) is 5.56 Å². The molecule has 10 heteroatoms. The molecule has 0 spiro atoms. The fourth-order valence-electron chi connectivity index (χ4n) is 3.79. The van der Waals surface area contributed by atoms with Crippen LogP contribution < -0.4 is 20.5 Å². The second-order valence-electron chi connectivity index (χ2n) is 7.92. The van der Waals surface area contributed by atoms with Crippen molar-refractivity contribution >= 4 is 22.8 Å². The quantitative estimate of drug-likeness (QED) is 0.374. The number of likely N-dealkylation sites (N-methyl/N-ethyl adjacent to an activating group) is 1. The van der Waals surface area contributed by atoms with Gasteiger partial charge in [-0.05, 0) is 38.9 Å². The van der Waals surface area contributed by atoms with Gasteiger partial charge in [0.1, 0.15) is 29.3 Å². The highest BCUT2D eigenvalue weighted by atomic mass is 16.5. The Labute approximate surface area is 204 Å². The zero-order chi connectivity index (χ0) is 24.8. The summed E-state index contributed by atoms with van der Waals surface area (Å²) in [5.41, 5.74) is 7.99. The molecule has 0 aliphatic carbocycles. The van der Waals surface area contributed by atoms with Crippen molar-refractivity contribution in [1.82, 2.24) is 30.0 Å². The van der Waals surface area contributed by atoms with E-state index in [2.05, 4.69) is 27.1 Å². The molecular weight excluding hydrogens is 446 g/mol. The van der Waals surface area contributed by atoms with Crippen LogP contribution in [0.1, 0.15) is 31.1 Å².